The van der Waals surface area contributed by atoms with Crippen molar-refractivity contribution in [2.75, 3.05) is 0 Å². The minimum Gasteiger partial charge on any atom is -0.357 e. The highest BCUT2D eigenvalue weighted by molar-refractivity contribution is 5.97. The molecule has 2 N–H and O–H groups in total. The van der Waals surface area contributed by atoms with Crippen LogP contribution >= 0.6 is 0 Å². The van der Waals surface area contributed by atoms with Gasteiger partial charge in [-0.25, -0.2) is 0 Å². The molecule has 1 aromatic carbocycles. The topological polar surface area (TPSA) is 100 Å². The first-order valence-corrected chi connectivity index (χ1v) is 9.85. The summed E-state index contributed by atoms with van der Waals surface area (Å²) in [5.74, 6) is 0.0382. The van der Waals surface area contributed by atoms with E-state index in [9.17, 15) is 14.9 Å². The summed E-state index contributed by atoms with van der Waals surface area (Å²) in [7, 11) is 0. The molecule has 0 saturated heterocycles. The summed E-state index contributed by atoms with van der Waals surface area (Å²) in [5.41, 5.74) is 7.10. The highest BCUT2D eigenvalue weighted by Crippen LogP contribution is 2.26. The number of nitro benzene ring substituents is 1. The first-order chi connectivity index (χ1) is 13.8. The lowest BCUT2D eigenvalue weighted by molar-refractivity contribution is -0.384. The summed E-state index contributed by atoms with van der Waals surface area (Å²) < 4.78 is 0. The summed E-state index contributed by atoms with van der Waals surface area (Å²) in [6.07, 6.45) is 4.10. The van der Waals surface area contributed by atoms with Gasteiger partial charge in [0.1, 0.15) is 0 Å². The second-order valence-corrected chi connectivity index (χ2v) is 7.25. The Hall–Kier alpha value is -3.22. The van der Waals surface area contributed by atoms with Crippen molar-refractivity contribution in [1.82, 2.24) is 10.3 Å². The van der Waals surface area contributed by atoms with Crippen LogP contribution in [0.25, 0.3) is 0 Å². The van der Waals surface area contributed by atoms with Gasteiger partial charge >= 0.3 is 0 Å². The van der Waals surface area contributed by atoms with Crippen molar-refractivity contribution in [3.05, 3.63) is 68.0 Å². The van der Waals surface area contributed by atoms with E-state index in [1.807, 2.05) is 13.8 Å². The quantitative estimate of drug-likeness (QED) is 0.416. The lowest BCUT2D eigenvalue weighted by atomic mass is 9.98. The zero-order chi connectivity index (χ0) is 21.1. The molecule has 7 heteroatoms. The maximum atomic E-state index is 12.1. The van der Waals surface area contributed by atoms with Crippen molar-refractivity contribution >= 4 is 23.5 Å². The van der Waals surface area contributed by atoms with Gasteiger partial charge in [-0.1, -0.05) is 13.8 Å². The molecule has 0 radical (unpaired) electrons. The van der Waals surface area contributed by atoms with E-state index in [0.29, 0.717) is 5.69 Å². The zero-order valence-electron chi connectivity index (χ0n) is 17.2. The van der Waals surface area contributed by atoms with Crippen LogP contribution in [0.2, 0.25) is 0 Å². The molecule has 1 aromatic heterocycles. The van der Waals surface area contributed by atoms with Gasteiger partial charge < -0.3 is 10.3 Å². The number of hydrogen-bond donors (Lipinski definition) is 2. The van der Waals surface area contributed by atoms with Gasteiger partial charge in [0, 0.05) is 29.8 Å². The summed E-state index contributed by atoms with van der Waals surface area (Å²) in [4.78, 5) is 30.4. The molecule has 0 saturated carbocycles. The van der Waals surface area contributed by atoms with Gasteiger partial charge in [-0.2, -0.15) is 0 Å². The van der Waals surface area contributed by atoms with E-state index in [-0.39, 0.29) is 17.6 Å². The Labute approximate surface area is 170 Å². The Balaban J connectivity index is 1.83. The number of nitro groups is 1. The molecule has 1 unspecified atom stereocenters. The van der Waals surface area contributed by atoms with Crippen molar-refractivity contribution in [1.29, 1.82) is 0 Å². The molecule has 1 amide bonds. The minimum atomic E-state index is -0.426. The van der Waals surface area contributed by atoms with Crippen LogP contribution in [0.4, 0.5) is 11.4 Å². The fourth-order valence-electron chi connectivity index (χ4n) is 3.89. The molecule has 0 bridgehead atoms. The predicted molar refractivity (Wildman–Crippen MR) is 114 cm³/mol. The average Bonchev–Trinajstić information content (AvgIpc) is 3.15. The summed E-state index contributed by atoms with van der Waals surface area (Å²) in [6, 6.07) is 6.16. The number of hydrogen-bond acceptors (Lipinski definition) is 4. The largest absolute Gasteiger partial charge is 0.357 e. The summed E-state index contributed by atoms with van der Waals surface area (Å²) in [5, 5.41) is 13.9. The minimum absolute atomic E-state index is 0.0141. The number of H-pyrrole nitrogens is 1. The molecular formula is C22H26N4O3. The van der Waals surface area contributed by atoms with Crippen LogP contribution < -0.4 is 5.32 Å². The first kappa shape index (κ1) is 20.5. The molecular weight excluding hydrogens is 368 g/mol. The Morgan fingerprint density at radius 3 is 2.41 bits per heavy atom. The number of carbonyl (C=O) groups is 1. The van der Waals surface area contributed by atoms with E-state index < -0.39 is 4.92 Å². The maximum Gasteiger partial charge on any atom is 0.269 e. The highest BCUT2D eigenvalue weighted by atomic mass is 16.6. The zero-order valence-corrected chi connectivity index (χ0v) is 17.2. The van der Waals surface area contributed by atoms with Crippen LogP contribution in [-0.4, -0.2) is 28.1 Å². The SMILES string of the molecule is CCC1=C(C)C(Cc2[nH]c(C=Nc3ccc([N+](=O)[O-])cc3)c(C)c2CC)NC1=O. The van der Waals surface area contributed by atoms with E-state index >= 15 is 0 Å². The molecule has 29 heavy (non-hydrogen) atoms. The monoisotopic (exact) mass is 394 g/mol. The third-order valence-corrected chi connectivity index (χ3v) is 5.60. The normalized spacial score (nSPS) is 16.7. The van der Waals surface area contributed by atoms with E-state index in [1.165, 1.54) is 17.7 Å². The van der Waals surface area contributed by atoms with Crippen molar-refractivity contribution < 1.29 is 9.72 Å². The summed E-state index contributed by atoms with van der Waals surface area (Å²) >= 11 is 0. The van der Waals surface area contributed by atoms with E-state index in [1.54, 1.807) is 18.3 Å². The lowest BCUT2D eigenvalue weighted by Gasteiger charge is -2.13. The standard InChI is InChI=1S/C22H26N4O3/c1-5-17-13(3)21(12-23-15-7-9-16(10-8-15)26(28)29)24-20(17)11-19-14(4)18(6-2)22(27)25-19/h7-10,12,19,24H,5-6,11H2,1-4H3,(H,25,27). The fraction of sp³-hybridized carbons (Fsp3) is 0.364. The number of nitrogens with zero attached hydrogens (tertiary/aromatic N) is 2. The van der Waals surface area contributed by atoms with E-state index in [2.05, 4.69) is 29.1 Å². The molecule has 152 valence electrons. The van der Waals surface area contributed by atoms with Gasteiger partial charge in [0.05, 0.1) is 28.6 Å². The van der Waals surface area contributed by atoms with Gasteiger partial charge in [-0.05, 0) is 55.5 Å². The highest BCUT2D eigenvalue weighted by Gasteiger charge is 2.28. The third-order valence-electron chi connectivity index (χ3n) is 5.60. The van der Waals surface area contributed by atoms with Gasteiger partial charge in [0.15, 0.2) is 0 Å². The number of amides is 1. The Kier molecular flexibility index (Phi) is 5.96. The number of benzene rings is 1. The molecule has 2 heterocycles. The molecule has 2 aromatic rings. The lowest BCUT2D eigenvalue weighted by Crippen LogP contribution is -2.30. The van der Waals surface area contributed by atoms with Crippen molar-refractivity contribution in [2.45, 2.75) is 53.0 Å². The van der Waals surface area contributed by atoms with Crippen LogP contribution in [0, 0.1) is 17.0 Å². The van der Waals surface area contributed by atoms with Gasteiger partial charge in [0.2, 0.25) is 5.91 Å². The molecule has 1 aliphatic heterocycles. The Morgan fingerprint density at radius 2 is 1.86 bits per heavy atom. The van der Waals surface area contributed by atoms with Crippen LogP contribution in [0.3, 0.4) is 0 Å². The Morgan fingerprint density at radius 1 is 1.17 bits per heavy atom. The summed E-state index contributed by atoms with van der Waals surface area (Å²) in [6.45, 7) is 8.21. The number of carbonyl (C=O) groups excluding carboxylic acids is 1. The Bertz CT molecular complexity index is 1000. The third kappa shape index (κ3) is 4.13. The second-order valence-electron chi connectivity index (χ2n) is 7.25. The van der Waals surface area contributed by atoms with E-state index in [4.69, 9.17) is 0 Å². The predicted octanol–water partition coefficient (Wildman–Crippen LogP) is 4.31. The van der Waals surface area contributed by atoms with E-state index in [0.717, 1.165) is 47.4 Å². The molecule has 0 spiro atoms. The van der Waals surface area contributed by atoms with Crippen molar-refractivity contribution in [3.8, 4) is 0 Å². The van der Waals surface area contributed by atoms with Crippen molar-refractivity contribution in [3.63, 3.8) is 0 Å². The second kappa shape index (κ2) is 8.43. The number of nitrogens with one attached hydrogen (secondary N) is 2. The van der Waals surface area contributed by atoms with Crippen LogP contribution in [-0.2, 0) is 17.6 Å². The molecule has 0 fully saturated rings. The number of aromatic amines is 1. The molecule has 3 rings (SSSR count). The van der Waals surface area contributed by atoms with Crippen LogP contribution in [0.1, 0.15) is 49.7 Å². The van der Waals surface area contributed by atoms with Gasteiger partial charge in [-0.15, -0.1) is 0 Å². The van der Waals surface area contributed by atoms with Crippen molar-refractivity contribution in [2.24, 2.45) is 4.99 Å². The molecule has 0 aliphatic carbocycles. The number of aliphatic imine (C=N–C) groups is 1. The molecule has 1 atom stereocenters. The molecule has 7 nitrogen and oxygen atoms in total. The molecule has 1 aliphatic rings. The van der Waals surface area contributed by atoms with Crippen LogP contribution in [0.15, 0.2) is 40.4 Å². The number of non-ortho nitro benzene ring substituents is 1. The van der Waals surface area contributed by atoms with Gasteiger partial charge in [-0.3, -0.25) is 19.9 Å². The number of rotatable bonds is 7. The smallest absolute Gasteiger partial charge is 0.269 e. The first-order valence-electron chi connectivity index (χ1n) is 9.85. The maximum absolute atomic E-state index is 12.1. The van der Waals surface area contributed by atoms with Crippen LogP contribution in [0.5, 0.6) is 0 Å². The fourth-order valence-corrected chi connectivity index (χ4v) is 3.89. The van der Waals surface area contributed by atoms with Gasteiger partial charge in [0.25, 0.3) is 5.69 Å². The average molecular weight is 394 g/mol. The number of aromatic nitrogens is 1.